The zero-order valence-electron chi connectivity index (χ0n) is 17.7. The molecule has 1 atom stereocenters. The summed E-state index contributed by atoms with van der Waals surface area (Å²) in [5.74, 6) is 1.33. The molecule has 1 aromatic heterocycles. The van der Waals surface area contributed by atoms with Crippen LogP contribution in [0.25, 0.3) is 0 Å². The number of furan rings is 1. The summed E-state index contributed by atoms with van der Waals surface area (Å²) in [6.45, 7) is 5.66. The highest BCUT2D eigenvalue weighted by Gasteiger charge is 2.34. The van der Waals surface area contributed by atoms with Gasteiger partial charge in [0.2, 0.25) is 20.0 Å². The van der Waals surface area contributed by atoms with Crippen molar-refractivity contribution in [3.63, 3.8) is 0 Å². The average Bonchev–Trinajstić information content (AvgIpc) is 3.37. The lowest BCUT2D eigenvalue weighted by Crippen LogP contribution is -2.38. The molecule has 2 aromatic rings. The van der Waals surface area contributed by atoms with Gasteiger partial charge < -0.3 is 4.42 Å². The zero-order chi connectivity index (χ0) is 21.9. The van der Waals surface area contributed by atoms with Crippen molar-refractivity contribution < 1.29 is 21.3 Å². The van der Waals surface area contributed by atoms with Crippen LogP contribution in [0.4, 0.5) is 0 Å². The third kappa shape index (κ3) is 5.14. The minimum atomic E-state index is -3.81. The lowest BCUT2D eigenvalue weighted by atomic mass is 10.2. The summed E-state index contributed by atoms with van der Waals surface area (Å²) >= 11 is 0. The normalized spacial score (nSPS) is 16.9. The second-order valence-corrected chi connectivity index (χ2v) is 11.5. The Morgan fingerprint density at radius 2 is 1.63 bits per heavy atom. The van der Waals surface area contributed by atoms with E-state index >= 15 is 0 Å². The molecule has 1 saturated carbocycles. The fraction of sp³-hybridized carbons (Fsp3) is 0.524. The van der Waals surface area contributed by atoms with Gasteiger partial charge in [-0.2, -0.15) is 4.31 Å². The number of hydrogen-bond donors (Lipinski definition) is 1. The quantitative estimate of drug-likeness (QED) is 0.622. The molecule has 7 nitrogen and oxygen atoms in total. The molecule has 0 amide bonds. The number of aryl methyl sites for hydroxylation is 1. The van der Waals surface area contributed by atoms with E-state index in [1.54, 1.807) is 13.0 Å². The molecule has 3 rings (SSSR count). The Balaban J connectivity index is 1.89. The molecule has 0 aliphatic heterocycles. The van der Waals surface area contributed by atoms with Crippen LogP contribution < -0.4 is 4.72 Å². The monoisotopic (exact) mass is 454 g/mol. The molecule has 0 bridgehead atoms. The Morgan fingerprint density at radius 1 is 1.03 bits per heavy atom. The molecular weight excluding hydrogens is 424 g/mol. The van der Waals surface area contributed by atoms with Gasteiger partial charge in [0.1, 0.15) is 11.5 Å². The van der Waals surface area contributed by atoms with Gasteiger partial charge in [-0.3, -0.25) is 0 Å². The molecular formula is C21H30N2O5S2. The third-order valence-electron chi connectivity index (χ3n) is 5.55. The fourth-order valence-corrected chi connectivity index (χ4v) is 6.65. The molecule has 9 heteroatoms. The minimum Gasteiger partial charge on any atom is -0.465 e. The van der Waals surface area contributed by atoms with Gasteiger partial charge in [-0.1, -0.05) is 19.8 Å². The Bertz CT molecular complexity index is 1050. The van der Waals surface area contributed by atoms with Crippen molar-refractivity contribution in [2.45, 2.75) is 81.3 Å². The maximum Gasteiger partial charge on any atom is 0.243 e. The molecule has 1 N–H and O–H groups in total. The standard InChI is InChI=1S/C21H30N2O5S2/c1-4-16(2)22-29(24,25)20-11-13-21(14-12-20)30(26,27)23(18-7-5-6-8-18)15-19-10-9-17(3)28-19/h9-14,16,18,22H,4-8,15H2,1-3H3/t16-/m1/s1. The third-order valence-corrected chi connectivity index (χ3v) is 9.07. The summed E-state index contributed by atoms with van der Waals surface area (Å²) in [6, 6.07) is 8.76. The van der Waals surface area contributed by atoms with Crippen LogP contribution in [0.15, 0.2) is 50.6 Å². The Labute approximate surface area is 179 Å². The molecule has 1 aliphatic rings. The van der Waals surface area contributed by atoms with Crippen LogP contribution in [0.2, 0.25) is 0 Å². The number of sulfonamides is 2. The maximum absolute atomic E-state index is 13.4. The second kappa shape index (κ2) is 9.21. The number of benzene rings is 1. The van der Waals surface area contributed by atoms with Crippen LogP contribution in [0.5, 0.6) is 0 Å². The Hall–Kier alpha value is -1.68. The Morgan fingerprint density at radius 3 is 2.17 bits per heavy atom. The topological polar surface area (TPSA) is 96.7 Å². The fourth-order valence-electron chi connectivity index (χ4n) is 3.67. The number of nitrogens with one attached hydrogen (secondary N) is 1. The molecule has 0 radical (unpaired) electrons. The van der Waals surface area contributed by atoms with Crippen molar-refractivity contribution in [2.75, 3.05) is 0 Å². The van der Waals surface area contributed by atoms with Crippen molar-refractivity contribution in [1.82, 2.24) is 9.03 Å². The van der Waals surface area contributed by atoms with Crippen LogP contribution in [0, 0.1) is 6.92 Å². The van der Waals surface area contributed by atoms with Gasteiger partial charge in [-0.25, -0.2) is 21.6 Å². The van der Waals surface area contributed by atoms with Gasteiger partial charge in [0.25, 0.3) is 0 Å². The van der Waals surface area contributed by atoms with E-state index in [2.05, 4.69) is 4.72 Å². The highest BCUT2D eigenvalue weighted by Crippen LogP contribution is 2.31. The average molecular weight is 455 g/mol. The van der Waals surface area contributed by atoms with E-state index in [0.29, 0.717) is 12.2 Å². The van der Waals surface area contributed by atoms with Gasteiger partial charge >= 0.3 is 0 Å². The van der Waals surface area contributed by atoms with E-state index in [4.69, 9.17) is 4.42 Å². The highest BCUT2D eigenvalue weighted by atomic mass is 32.2. The maximum atomic E-state index is 13.4. The molecule has 0 spiro atoms. The molecule has 0 unspecified atom stereocenters. The van der Waals surface area contributed by atoms with Crippen molar-refractivity contribution in [1.29, 1.82) is 0 Å². The Kier molecular flexibility index (Phi) is 7.06. The molecule has 1 aliphatic carbocycles. The van der Waals surface area contributed by atoms with Crippen molar-refractivity contribution >= 4 is 20.0 Å². The van der Waals surface area contributed by atoms with Gasteiger partial charge in [-0.15, -0.1) is 0 Å². The van der Waals surface area contributed by atoms with Gasteiger partial charge in [-0.05, 0) is 69.5 Å². The van der Waals surface area contributed by atoms with E-state index in [1.165, 1.54) is 28.6 Å². The number of nitrogens with zero attached hydrogens (tertiary/aromatic N) is 1. The summed E-state index contributed by atoms with van der Waals surface area (Å²) in [5.41, 5.74) is 0. The van der Waals surface area contributed by atoms with E-state index in [0.717, 1.165) is 31.4 Å². The number of hydrogen-bond acceptors (Lipinski definition) is 5. The van der Waals surface area contributed by atoms with Crippen molar-refractivity contribution in [2.24, 2.45) is 0 Å². The molecule has 1 heterocycles. The van der Waals surface area contributed by atoms with Crippen LogP contribution in [-0.4, -0.2) is 33.2 Å². The lowest BCUT2D eigenvalue weighted by molar-refractivity contribution is 0.289. The second-order valence-electron chi connectivity index (χ2n) is 7.90. The SMILES string of the molecule is CC[C@@H](C)NS(=O)(=O)c1ccc(S(=O)(=O)N(Cc2ccc(C)o2)C2CCCC2)cc1. The minimum absolute atomic E-state index is 0.0517. The van der Waals surface area contributed by atoms with Gasteiger partial charge in [0, 0.05) is 12.1 Å². The molecule has 1 fully saturated rings. The predicted molar refractivity (Wildman–Crippen MR) is 115 cm³/mol. The zero-order valence-corrected chi connectivity index (χ0v) is 19.3. The first-order chi connectivity index (χ1) is 14.1. The van der Waals surface area contributed by atoms with Crippen LogP contribution in [-0.2, 0) is 26.6 Å². The van der Waals surface area contributed by atoms with E-state index in [9.17, 15) is 16.8 Å². The highest BCUT2D eigenvalue weighted by molar-refractivity contribution is 7.89. The van der Waals surface area contributed by atoms with E-state index < -0.39 is 20.0 Å². The summed E-state index contributed by atoms with van der Waals surface area (Å²) in [4.78, 5) is 0.135. The summed E-state index contributed by atoms with van der Waals surface area (Å²) in [5, 5.41) is 0. The van der Waals surface area contributed by atoms with Crippen LogP contribution >= 0.6 is 0 Å². The van der Waals surface area contributed by atoms with E-state index in [1.807, 2.05) is 19.9 Å². The molecule has 0 saturated heterocycles. The van der Waals surface area contributed by atoms with Gasteiger partial charge in [0.05, 0.1) is 16.3 Å². The van der Waals surface area contributed by atoms with E-state index in [-0.39, 0.29) is 28.4 Å². The summed E-state index contributed by atoms with van der Waals surface area (Å²) < 4.78 is 61.5. The summed E-state index contributed by atoms with van der Waals surface area (Å²) in [6.07, 6.45) is 4.27. The summed E-state index contributed by atoms with van der Waals surface area (Å²) in [7, 11) is -7.49. The van der Waals surface area contributed by atoms with Gasteiger partial charge in [0.15, 0.2) is 0 Å². The first-order valence-electron chi connectivity index (χ1n) is 10.3. The van der Waals surface area contributed by atoms with Crippen molar-refractivity contribution in [3.05, 3.63) is 47.9 Å². The molecule has 1 aromatic carbocycles. The van der Waals surface area contributed by atoms with Crippen LogP contribution in [0.1, 0.15) is 57.5 Å². The molecule has 166 valence electrons. The van der Waals surface area contributed by atoms with Crippen molar-refractivity contribution in [3.8, 4) is 0 Å². The largest absolute Gasteiger partial charge is 0.465 e. The van der Waals surface area contributed by atoms with Crippen LogP contribution in [0.3, 0.4) is 0 Å². The number of rotatable bonds is 9. The molecule has 30 heavy (non-hydrogen) atoms. The predicted octanol–water partition coefficient (Wildman–Crippen LogP) is 3.80. The first-order valence-corrected chi connectivity index (χ1v) is 13.3. The lowest BCUT2D eigenvalue weighted by Gasteiger charge is -2.27. The first kappa shape index (κ1) is 23.0. The smallest absolute Gasteiger partial charge is 0.243 e.